The molecule has 1 atom stereocenters. The molecule has 2 aromatic heterocycles. The van der Waals surface area contributed by atoms with Crippen LogP contribution in [0.5, 0.6) is 0 Å². The highest BCUT2D eigenvalue weighted by Gasteiger charge is 2.31. The number of hydrogen-bond donors (Lipinski definition) is 0. The van der Waals surface area contributed by atoms with Crippen LogP contribution in [0.3, 0.4) is 0 Å². The van der Waals surface area contributed by atoms with E-state index in [9.17, 15) is 4.79 Å². The van der Waals surface area contributed by atoms with Crippen LogP contribution in [0.1, 0.15) is 33.2 Å². The number of aryl methyl sites for hydroxylation is 1. The van der Waals surface area contributed by atoms with Gasteiger partial charge in [-0.2, -0.15) is 0 Å². The fourth-order valence-corrected chi connectivity index (χ4v) is 4.89. The first kappa shape index (κ1) is 18.0. The van der Waals surface area contributed by atoms with Crippen LogP contribution in [0.4, 0.5) is 0 Å². The molecule has 1 amide bonds. The van der Waals surface area contributed by atoms with E-state index in [1.165, 1.54) is 21.6 Å². The van der Waals surface area contributed by atoms with Gasteiger partial charge < -0.3 is 4.90 Å². The molecule has 0 unspecified atom stereocenters. The van der Waals surface area contributed by atoms with Gasteiger partial charge in [0.05, 0.1) is 16.6 Å². The number of rotatable bonds is 3. The monoisotopic (exact) mass is 394 g/mol. The number of nitrogens with zero attached hydrogens (tertiary/aromatic N) is 2. The average molecular weight is 395 g/mol. The van der Waals surface area contributed by atoms with Gasteiger partial charge >= 0.3 is 0 Å². The van der Waals surface area contributed by atoms with Crippen molar-refractivity contribution in [2.45, 2.75) is 19.4 Å². The summed E-state index contributed by atoms with van der Waals surface area (Å²) in [6.07, 6.45) is 5.10. The van der Waals surface area contributed by atoms with E-state index in [1.807, 2.05) is 29.2 Å². The molecule has 0 N–H and O–H groups in total. The van der Waals surface area contributed by atoms with Crippen molar-refractivity contribution in [1.29, 1.82) is 0 Å². The minimum absolute atomic E-state index is 0.00518. The number of hydrogen-bond acceptors (Lipinski definition) is 3. The van der Waals surface area contributed by atoms with Gasteiger partial charge in [-0.15, -0.1) is 11.3 Å². The van der Waals surface area contributed by atoms with Gasteiger partial charge in [0.2, 0.25) is 5.91 Å². The molecule has 3 aromatic rings. The van der Waals surface area contributed by atoms with Crippen LogP contribution in [0, 0.1) is 6.92 Å². The minimum Gasteiger partial charge on any atom is -0.333 e. The minimum atomic E-state index is -0.00518. The highest BCUT2D eigenvalue weighted by Crippen LogP contribution is 2.40. The van der Waals surface area contributed by atoms with Crippen molar-refractivity contribution in [3.05, 3.63) is 92.4 Å². The summed E-state index contributed by atoms with van der Waals surface area (Å²) in [6.45, 7) is 3.36. The molecule has 27 heavy (non-hydrogen) atoms. The summed E-state index contributed by atoms with van der Waals surface area (Å²) in [4.78, 5) is 20.1. The van der Waals surface area contributed by atoms with Crippen LogP contribution in [0.15, 0.2) is 60.8 Å². The molecule has 0 spiro atoms. The number of benzene rings is 1. The van der Waals surface area contributed by atoms with Gasteiger partial charge in [-0.3, -0.25) is 9.78 Å². The summed E-state index contributed by atoms with van der Waals surface area (Å²) in [5.41, 5.74) is 4.50. The predicted molar refractivity (Wildman–Crippen MR) is 111 cm³/mol. The van der Waals surface area contributed by atoms with E-state index in [2.05, 4.69) is 36.2 Å². The van der Waals surface area contributed by atoms with E-state index >= 15 is 0 Å². The summed E-state index contributed by atoms with van der Waals surface area (Å²) >= 11 is 7.87. The fraction of sp³-hybridized carbons (Fsp3) is 0.182. The Hall–Kier alpha value is -2.43. The largest absolute Gasteiger partial charge is 0.333 e. The predicted octanol–water partition coefficient (Wildman–Crippen LogP) is 5.29. The lowest BCUT2D eigenvalue weighted by molar-refractivity contribution is -0.127. The molecule has 0 aliphatic carbocycles. The third-order valence-electron chi connectivity index (χ3n) is 4.88. The second-order valence-corrected chi connectivity index (χ2v) is 8.41. The first-order valence-electron chi connectivity index (χ1n) is 8.83. The smallest absolute Gasteiger partial charge is 0.246 e. The van der Waals surface area contributed by atoms with Gasteiger partial charge in [-0.05, 0) is 47.9 Å². The van der Waals surface area contributed by atoms with Crippen molar-refractivity contribution >= 4 is 34.9 Å². The zero-order valence-corrected chi connectivity index (χ0v) is 16.5. The number of aromatic nitrogens is 1. The number of pyridine rings is 1. The van der Waals surface area contributed by atoms with Gasteiger partial charge in [0.1, 0.15) is 0 Å². The average Bonchev–Trinajstić information content (AvgIpc) is 3.07. The molecule has 5 heteroatoms. The third-order valence-corrected chi connectivity index (χ3v) is 6.15. The molecule has 0 saturated carbocycles. The molecule has 136 valence electrons. The van der Waals surface area contributed by atoms with Crippen molar-refractivity contribution in [1.82, 2.24) is 9.88 Å². The standard InChI is InChI=1S/C22H19ClN2OS/c1-15-6-2-3-8-17(15)19-13-25(14-20-18(19)12-21(23)27-20)22(26)10-9-16-7-4-5-11-24-16/h2-12,19H,13-14H2,1H3/b10-9+/t19-/m0/s1. The zero-order chi connectivity index (χ0) is 18.8. The summed E-state index contributed by atoms with van der Waals surface area (Å²) in [7, 11) is 0. The summed E-state index contributed by atoms with van der Waals surface area (Å²) in [5, 5.41) is 0. The lowest BCUT2D eigenvalue weighted by Gasteiger charge is -2.33. The van der Waals surface area contributed by atoms with Gasteiger partial charge in [0, 0.05) is 29.6 Å². The zero-order valence-electron chi connectivity index (χ0n) is 14.9. The molecule has 3 heterocycles. The van der Waals surface area contributed by atoms with E-state index in [0.717, 1.165) is 10.0 Å². The Bertz CT molecular complexity index is 997. The number of amides is 1. The lowest BCUT2D eigenvalue weighted by atomic mass is 9.86. The summed E-state index contributed by atoms with van der Waals surface area (Å²) < 4.78 is 0.775. The first-order chi connectivity index (χ1) is 13.1. The maximum atomic E-state index is 12.8. The molecule has 1 aromatic carbocycles. The molecule has 3 nitrogen and oxygen atoms in total. The summed E-state index contributed by atoms with van der Waals surface area (Å²) in [5.74, 6) is 0.139. The van der Waals surface area contributed by atoms with Crippen molar-refractivity contribution in [2.24, 2.45) is 0 Å². The Morgan fingerprint density at radius 1 is 1.22 bits per heavy atom. The van der Waals surface area contributed by atoms with Crippen LogP contribution in [-0.2, 0) is 11.3 Å². The highest BCUT2D eigenvalue weighted by atomic mass is 35.5. The number of carbonyl (C=O) groups excluding carboxylic acids is 1. The van der Waals surface area contributed by atoms with Gasteiger partial charge in [0.25, 0.3) is 0 Å². The van der Waals surface area contributed by atoms with Crippen LogP contribution < -0.4 is 0 Å². The van der Waals surface area contributed by atoms with Gasteiger partial charge in [0.15, 0.2) is 0 Å². The SMILES string of the molecule is Cc1ccccc1[C@@H]1CN(C(=O)/C=C/c2ccccn2)Cc2sc(Cl)cc21. The Kier molecular flexibility index (Phi) is 5.10. The second-order valence-electron chi connectivity index (χ2n) is 6.64. The maximum absolute atomic E-state index is 12.8. The first-order valence-corrected chi connectivity index (χ1v) is 10.0. The van der Waals surface area contributed by atoms with Crippen molar-refractivity contribution in [3.63, 3.8) is 0 Å². The molecule has 0 saturated heterocycles. The van der Waals surface area contributed by atoms with Crippen LogP contribution in [-0.4, -0.2) is 22.3 Å². The molecular formula is C22H19ClN2OS. The van der Waals surface area contributed by atoms with E-state index in [-0.39, 0.29) is 11.8 Å². The molecule has 1 aliphatic heterocycles. The van der Waals surface area contributed by atoms with E-state index in [1.54, 1.807) is 29.7 Å². The number of carbonyl (C=O) groups is 1. The molecular weight excluding hydrogens is 376 g/mol. The highest BCUT2D eigenvalue weighted by molar-refractivity contribution is 7.16. The van der Waals surface area contributed by atoms with Gasteiger partial charge in [-0.1, -0.05) is 41.9 Å². The van der Waals surface area contributed by atoms with Crippen molar-refractivity contribution in [3.8, 4) is 0 Å². The molecule has 0 fully saturated rings. The number of fused-ring (bicyclic) bond motifs is 1. The van der Waals surface area contributed by atoms with E-state index < -0.39 is 0 Å². The normalized spacial score (nSPS) is 16.5. The maximum Gasteiger partial charge on any atom is 0.246 e. The number of thiophene rings is 1. The second kappa shape index (κ2) is 7.67. The number of halogens is 1. The Morgan fingerprint density at radius 3 is 2.81 bits per heavy atom. The molecule has 0 radical (unpaired) electrons. The van der Waals surface area contributed by atoms with Crippen LogP contribution in [0.2, 0.25) is 4.34 Å². The van der Waals surface area contributed by atoms with E-state index in [4.69, 9.17) is 11.6 Å². The third kappa shape index (κ3) is 3.82. The Morgan fingerprint density at radius 2 is 2.04 bits per heavy atom. The quantitative estimate of drug-likeness (QED) is 0.565. The van der Waals surface area contributed by atoms with Crippen molar-refractivity contribution < 1.29 is 4.79 Å². The topological polar surface area (TPSA) is 33.2 Å². The summed E-state index contributed by atoms with van der Waals surface area (Å²) in [6, 6.07) is 16.1. The van der Waals surface area contributed by atoms with Crippen LogP contribution in [0.25, 0.3) is 6.08 Å². The Labute approximate surface area is 167 Å². The van der Waals surface area contributed by atoms with E-state index in [0.29, 0.717) is 13.1 Å². The van der Waals surface area contributed by atoms with Gasteiger partial charge in [-0.25, -0.2) is 0 Å². The molecule has 4 rings (SSSR count). The molecule has 1 aliphatic rings. The Balaban J connectivity index is 1.63. The molecule has 0 bridgehead atoms. The van der Waals surface area contributed by atoms with Crippen LogP contribution >= 0.6 is 22.9 Å². The van der Waals surface area contributed by atoms with Crippen molar-refractivity contribution in [2.75, 3.05) is 6.54 Å². The lowest BCUT2D eigenvalue weighted by Crippen LogP contribution is -2.37. The fourth-order valence-electron chi connectivity index (χ4n) is 3.53.